The van der Waals surface area contributed by atoms with E-state index >= 15 is 0 Å². The van der Waals surface area contributed by atoms with Crippen LogP contribution in [0.4, 0.5) is 11.6 Å². The van der Waals surface area contributed by atoms with Crippen molar-refractivity contribution in [3.05, 3.63) is 11.9 Å². The standard InChI is InChI=1S/C14H26N4O/c1-7-15-11-8-12(17-13(16-11)9(2)3)18-14(5,6)10(4)19/h8-10,19H,7H2,1-6H3,(H2,15,16,17,18). The molecule has 1 rings (SSSR count). The van der Waals surface area contributed by atoms with Crippen molar-refractivity contribution in [1.82, 2.24) is 9.97 Å². The third-order valence-electron chi connectivity index (χ3n) is 3.11. The fourth-order valence-corrected chi connectivity index (χ4v) is 1.49. The molecule has 0 aliphatic carbocycles. The number of rotatable bonds is 6. The molecule has 0 bridgehead atoms. The Morgan fingerprint density at radius 3 is 2.26 bits per heavy atom. The van der Waals surface area contributed by atoms with Crippen molar-refractivity contribution in [1.29, 1.82) is 0 Å². The van der Waals surface area contributed by atoms with Gasteiger partial charge in [-0.2, -0.15) is 0 Å². The summed E-state index contributed by atoms with van der Waals surface area (Å²) in [5.74, 6) is 2.60. The van der Waals surface area contributed by atoms with Gasteiger partial charge in [-0.15, -0.1) is 0 Å². The first-order valence-corrected chi connectivity index (χ1v) is 6.85. The summed E-state index contributed by atoms with van der Waals surface area (Å²) in [6.45, 7) is 12.6. The van der Waals surface area contributed by atoms with Gasteiger partial charge in [0.1, 0.15) is 17.5 Å². The van der Waals surface area contributed by atoms with Crippen molar-refractivity contribution in [3.8, 4) is 0 Å². The lowest BCUT2D eigenvalue weighted by Gasteiger charge is -2.30. The first-order chi connectivity index (χ1) is 8.76. The summed E-state index contributed by atoms with van der Waals surface area (Å²) < 4.78 is 0. The van der Waals surface area contributed by atoms with Crippen LogP contribution in [0.1, 0.15) is 53.3 Å². The lowest BCUT2D eigenvalue weighted by molar-refractivity contribution is 0.133. The Labute approximate surface area is 115 Å². The van der Waals surface area contributed by atoms with Crippen LogP contribution in [-0.4, -0.2) is 33.3 Å². The summed E-state index contributed by atoms with van der Waals surface area (Å²) in [7, 11) is 0. The highest BCUT2D eigenvalue weighted by atomic mass is 16.3. The smallest absolute Gasteiger partial charge is 0.135 e. The summed E-state index contributed by atoms with van der Waals surface area (Å²) in [6.07, 6.45) is -0.479. The van der Waals surface area contributed by atoms with E-state index in [0.717, 1.165) is 24.0 Å². The highest BCUT2D eigenvalue weighted by molar-refractivity contribution is 5.49. The van der Waals surface area contributed by atoms with Gasteiger partial charge in [0.2, 0.25) is 0 Å². The van der Waals surface area contributed by atoms with Crippen molar-refractivity contribution >= 4 is 11.6 Å². The molecule has 0 amide bonds. The van der Waals surface area contributed by atoms with Crippen LogP contribution in [-0.2, 0) is 0 Å². The second-order valence-corrected chi connectivity index (χ2v) is 5.70. The molecule has 1 aromatic rings. The zero-order valence-electron chi connectivity index (χ0n) is 12.8. The van der Waals surface area contributed by atoms with Gasteiger partial charge < -0.3 is 15.7 Å². The average molecular weight is 266 g/mol. The van der Waals surface area contributed by atoms with Crippen LogP contribution in [0.25, 0.3) is 0 Å². The largest absolute Gasteiger partial charge is 0.391 e. The summed E-state index contributed by atoms with van der Waals surface area (Å²) in [5.41, 5.74) is -0.438. The van der Waals surface area contributed by atoms with Gasteiger partial charge in [-0.05, 0) is 27.7 Å². The van der Waals surface area contributed by atoms with Gasteiger partial charge in [-0.3, -0.25) is 0 Å². The van der Waals surface area contributed by atoms with Crippen LogP contribution < -0.4 is 10.6 Å². The van der Waals surface area contributed by atoms with Gasteiger partial charge in [0.05, 0.1) is 11.6 Å². The molecule has 1 heterocycles. The topological polar surface area (TPSA) is 70.1 Å². The van der Waals surface area contributed by atoms with Gasteiger partial charge in [0, 0.05) is 18.5 Å². The van der Waals surface area contributed by atoms with E-state index < -0.39 is 11.6 Å². The monoisotopic (exact) mass is 266 g/mol. The Morgan fingerprint density at radius 2 is 1.79 bits per heavy atom. The Morgan fingerprint density at radius 1 is 1.21 bits per heavy atom. The fraction of sp³-hybridized carbons (Fsp3) is 0.714. The maximum atomic E-state index is 9.77. The number of aromatic nitrogens is 2. The predicted molar refractivity (Wildman–Crippen MR) is 79.7 cm³/mol. The number of anilines is 2. The molecular weight excluding hydrogens is 240 g/mol. The third-order valence-corrected chi connectivity index (χ3v) is 3.11. The van der Waals surface area contributed by atoms with Gasteiger partial charge in [-0.1, -0.05) is 13.8 Å². The Kier molecular flexibility index (Phi) is 5.11. The quantitative estimate of drug-likeness (QED) is 0.738. The molecule has 0 spiro atoms. The first kappa shape index (κ1) is 15.7. The molecule has 0 fully saturated rings. The van der Waals surface area contributed by atoms with E-state index in [-0.39, 0.29) is 5.92 Å². The number of hydrogen-bond donors (Lipinski definition) is 3. The van der Waals surface area contributed by atoms with E-state index in [1.165, 1.54) is 0 Å². The fourth-order valence-electron chi connectivity index (χ4n) is 1.49. The van der Waals surface area contributed by atoms with Crippen LogP contribution in [0.2, 0.25) is 0 Å². The molecule has 3 N–H and O–H groups in total. The molecule has 0 aliphatic rings. The van der Waals surface area contributed by atoms with Crippen LogP contribution in [0.5, 0.6) is 0 Å². The van der Waals surface area contributed by atoms with E-state index in [1.807, 2.05) is 26.8 Å². The Hall–Kier alpha value is -1.36. The second kappa shape index (κ2) is 6.19. The van der Waals surface area contributed by atoms with Gasteiger partial charge in [0.25, 0.3) is 0 Å². The zero-order chi connectivity index (χ0) is 14.6. The van der Waals surface area contributed by atoms with Crippen LogP contribution in [0, 0.1) is 0 Å². The molecule has 5 nitrogen and oxygen atoms in total. The Bertz CT molecular complexity index is 416. The second-order valence-electron chi connectivity index (χ2n) is 5.70. The molecule has 1 unspecified atom stereocenters. The van der Waals surface area contributed by atoms with Crippen LogP contribution in [0.15, 0.2) is 6.07 Å². The maximum absolute atomic E-state index is 9.77. The minimum Gasteiger partial charge on any atom is -0.391 e. The van der Waals surface area contributed by atoms with Crippen molar-refractivity contribution in [2.45, 2.75) is 59.1 Å². The van der Waals surface area contributed by atoms with E-state index in [2.05, 4.69) is 34.4 Å². The number of hydrogen-bond acceptors (Lipinski definition) is 5. The number of aliphatic hydroxyl groups excluding tert-OH is 1. The van der Waals surface area contributed by atoms with Gasteiger partial charge >= 0.3 is 0 Å². The molecule has 1 atom stereocenters. The zero-order valence-corrected chi connectivity index (χ0v) is 12.8. The van der Waals surface area contributed by atoms with Crippen molar-refractivity contribution in [2.75, 3.05) is 17.2 Å². The number of nitrogens with zero attached hydrogens (tertiary/aromatic N) is 2. The normalized spacial score (nSPS) is 13.5. The molecular formula is C14H26N4O. The number of aliphatic hydroxyl groups is 1. The summed E-state index contributed by atoms with van der Waals surface area (Å²) >= 11 is 0. The van der Waals surface area contributed by atoms with E-state index in [1.54, 1.807) is 6.92 Å². The lowest BCUT2D eigenvalue weighted by atomic mass is 9.99. The molecule has 1 aromatic heterocycles. The molecule has 0 saturated heterocycles. The van der Waals surface area contributed by atoms with Crippen LogP contribution in [0.3, 0.4) is 0 Å². The minimum absolute atomic E-state index is 0.258. The molecule has 108 valence electrons. The van der Waals surface area contributed by atoms with Crippen molar-refractivity contribution in [2.24, 2.45) is 0 Å². The SMILES string of the molecule is CCNc1cc(NC(C)(C)C(C)O)nc(C(C)C)n1. The van der Waals surface area contributed by atoms with Gasteiger partial charge in [0.15, 0.2) is 0 Å². The summed E-state index contributed by atoms with van der Waals surface area (Å²) in [5, 5.41) is 16.2. The lowest BCUT2D eigenvalue weighted by Crippen LogP contribution is -2.42. The highest BCUT2D eigenvalue weighted by Gasteiger charge is 2.24. The van der Waals surface area contributed by atoms with E-state index in [4.69, 9.17) is 0 Å². The Balaban J connectivity index is 3.06. The van der Waals surface area contributed by atoms with Crippen molar-refractivity contribution < 1.29 is 5.11 Å². The summed E-state index contributed by atoms with van der Waals surface area (Å²) in [6, 6.07) is 1.87. The minimum atomic E-state index is -0.479. The highest BCUT2D eigenvalue weighted by Crippen LogP contribution is 2.21. The average Bonchev–Trinajstić information content (AvgIpc) is 2.28. The van der Waals surface area contributed by atoms with Crippen molar-refractivity contribution in [3.63, 3.8) is 0 Å². The third kappa shape index (κ3) is 4.35. The maximum Gasteiger partial charge on any atom is 0.135 e. The van der Waals surface area contributed by atoms with Gasteiger partial charge in [-0.25, -0.2) is 9.97 Å². The molecule has 0 radical (unpaired) electrons. The molecule has 5 heteroatoms. The summed E-state index contributed by atoms with van der Waals surface area (Å²) in [4.78, 5) is 8.98. The number of nitrogens with one attached hydrogen (secondary N) is 2. The predicted octanol–water partition coefficient (Wildman–Crippen LogP) is 2.60. The molecule has 0 aromatic carbocycles. The first-order valence-electron chi connectivity index (χ1n) is 6.85. The van der Waals surface area contributed by atoms with Crippen LogP contribution >= 0.6 is 0 Å². The van der Waals surface area contributed by atoms with E-state index in [0.29, 0.717) is 0 Å². The molecule has 0 saturated carbocycles. The molecule has 19 heavy (non-hydrogen) atoms. The molecule has 0 aliphatic heterocycles. The van der Waals surface area contributed by atoms with E-state index in [9.17, 15) is 5.11 Å².